The number of carbonyl (C=O) groups is 1. The lowest BCUT2D eigenvalue weighted by atomic mass is 9.90. The Bertz CT molecular complexity index is 757. The molecule has 2 aromatic carbocycles. The van der Waals surface area contributed by atoms with Gasteiger partial charge in [-0.1, -0.05) is 51.0 Å². The molecule has 1 unspecified atom stereocenters. The summed E-state index contributed by atoms with van der Waals surface area (Å²) in [6.07, 6.45) is 4.22. The number of hydrogen-bond acceptors (Lipinski definition) is 3. The van der Waals surface area contributed by atoms with Crippen LogP contribution >= 0.6 is 0 Å². The van der Waals surface area contributed by atoms with Gasteiger partial charge in [-0.05, 0) is 42.7 Å². The van der Waals surface area contributed by atoms with Crippen molar-refractivity contribution in [3.8, 4) is 5.75 Å². The SMILES string of the molecule is CCCCCOc1ccc(C2(CC)Nc3ccccc3C(=O)N2C)cc1. The monoisotopic (exact) mass is 352 g/mol. The van der Waals surface area contributed by atoms with E-state index in [1.54, 1.807) is 0 Å². The molecule has 0 radical (unpaired) electrons. The Morgan fingerprint density at radius 2 is 1.77 bits per heavy atom. The van der Waals surface area contributed by atoms with Crippen molar-refractivity contribution >= 4 is 11.6 Å². The van der Waals surface area contributed by atoms with Crippen molar-refractivity contribution in [1.82, 2.24) is 4.90 Å². The van der Waals surface area contributed by atoms with Gasteiger partial charge in [0.05, 0.1) is 12.2 Å². The second-order valence-corrected chi connectivity index (χ2v) is 6.83. The fourth-order valence-corrected chi connectivity index (χ4v) is 3.60. The van der Waals surface area contributed by atoms with Crippen molar-refractivity contribution in [2.45, 2.75) is 45.2 Å². The van der Waals surface area contributed by atoms with Crippen LogP contribution in [0.25, 0.3) is 0 Å². The number of para-hydroxylation sites is 1. The fraction of sp³-hybridized carbons (Fsp3) is 0.409. The molecule has 1 N–H and O–H groups in total. The van der Waals surface area contributed by atoms with E-state index >= 15 is 0 Å². The predicted molar refractivity (Wildman–Crippen MR) is 106 cm³/mol. The van der Waals surface area contributed by atoms with Gasteiger partial charge in [0.15, 0.2) is 0 Å². The summed E-state index contributed by atoms with van der Waals surface area (Å²) in [6, 6.07) is 15.8. The number of fused-ring (bicyclic) bond motifs is 1. The molecule has 0 bridgehead atoms. The molecule has 26 heavy (non-hydrogen) atoms. The molecule has 4 nitrogen and oxygen atoms in total. The molecule has 138 valence electrons. The molecule has 2 aromatic rings. The lowest BCUT2D eigenvalue weighted by Crippen LogP contribution is -2.55. The molecule has 1 aliphatic rings. The zero-order valence-electron chi connectivity index (χ0n) is 15.9. The summed E-state index contributed by atoms with van der Waals surface area (Å²) in [7, 11) is 1.87. The Morgan fingerprint density at radius 3 is 2.46 bits per heavy atom. The Labute approximate surface area is 156 Å². The van der Waals surface area contributed by atoms with Crippen LogP contribution in [0.5, 0.6) is 5.75 Å². The van der Waals surface area contributed by atoms with Crippen LogP contribution in [0.2, 0.25) is 0 Å². The molecule has 1 heterocycles. The predicted octanol–water partition coefficient (Wildman–Crippen LogP) is 5.02. The van der Waals surface area contributed by atoms with E-state index in [2.05, 4.69) is 31.3 Å². The third kappa shape index (κ3) is 3.28. The molecule has 0 aromatic heterocycles. The summed E-state index contributed by atoms with van der Waals surface area (Å²) in [6.45, 7) is 5.03. The maximum absolute atomic E-state index is 12.9. The highest BCUT2D eigenvalue weighted by Crippen LogP contribution is 2.39. The number of anilines is 1. The van der Waals surface area contributed by atoms with Gasteiger partial charge in [0.2, 0.25) is 0 Å². The maximum atomic E-state index is 12.9. The first-order valence-corrected chi connectivity index (χ1v) is 9.51. The molecule has 0 fully saturated rings. The minimum absolute atomic E-state index is 0.0427. The van der Waals surface area contributed by atoms with Crippen LogP contribution in [0.3, 0.4) is 0 Å². The van der Waals surface area contributed by atoms with Crippen molar-refractivity contribution in [3.05, 3.63) is 59.7 Å². The van der Waals surface area contributed by atoms with E-state index in [1.807, 2.05) is 48.3 Å². The summed E-state index contributed by atoms with van der Waals surface area (Å²) < 4.78 is 5.82. The zero-order valence-corrected chi connectivity index (χ0v) is 15.9. The summed E-state index contributed by atoms with van der Waals surface area (Å²) in [5, 5.41) is 3.60. The van der Waals surface area contributed by atoms with Gasteiger partial charge in [0.1, 0.15) is 11.4 Å². The molecular formula is C22H28N2O2. The molecule has 1 aliphatic heterocycles. The number of hydrogen-bond donors (Lipinski definition) is 1. The van der Waals surface area contributed by atoms with Crippen LogP contribution in [-0.2, 0) is 5.66 Å². The number of unbranched alkanes of at least 4 members (excludes halogenated alkanes) is 2. The van der Waals surface area contributed by atoms with E-state index in [0.29, 0.717) is 0 Å². The first-order chi connectivity index (χ1) is 12.6. The number of ether oxygens (including phenoxy) is 1. The normalized spacial score (nSPS) is 19.0. The van der Waals surface area contributed by atoms with Gasteiger partial charge < -0.3 is 15.0 Å². The topological polar surface area (TPSA) is 41.6 Å². The van der Waals surface area contributed by atoms with E-state index in [-0.39, 0.29) is 5.91 Å². The molecule has 0 spiro atoms. The molecular weight excluding hydrogens is 324 g/mol. The number of carbonyl (C=O) groups excluding carboxylic acids is 1. The molecule has 0 saturated carbocycles. The fourth-order valence-electron chi connectivity index (χ4n) is 3.60. The Kier molecular flexibility index (Phi) is 5.50. The standard InChI is InChI=1S/C22H28N2O2/c1-4-6-9-16-26-18-14-12-17(13-15-18)22(5-2)23-20-11-8-7-10-19(20)21(25)24(22)3/h7-8,10-15,23H,4-6,9,16H2,1-3H3. The van der Waals surface area contributed by atoms with Crippen LogP contribution in [-0.4, -0.2) is 24.5 Å². The van der Waals surface area contributed by atoms with Crippen molar-refractivity contribution in [3.63, 3.8) is 0 Å². The van der Waals surface area contributed by atoms with E-state index in [0.717, 1.165) is 42.0 Å². The second-order valence-electron chi connectivity index (χ2n) is 6.83. The van der Waals surface area contributed by atoms with Gasteiger partial charge in [0.25, 0.3) is 5.91 Å². The average Bonchev–Trinajstić information content (AvgIpc) is 2.69. The Balaban J connectivity index is 1.85. The Hall–Kier alpha value is -2.49. The smallest absolute Gasteiger partial charge is 0.257 e. The molecule has 1 amide bonds. The zero-order chi connectivity index (χ0) is 18.6. The lowest BCUT2D eigenvalue weighted by molar-refractivity contribution is 0.0572. The van der Waals surface area contributed by atoms with E-state index < -0.39 is 5.66 Å². The molecule has 3 rings (SSSR count). The van der Waals surface area contributed by atoms with Crippen LogP contribution in [0.15, 0.2) is 48.5 Å². The van der Waals surface area contributed by atoms with Crippen LogP contribution in [0.1, 0.15) is 55.5 Å². The summed E-state index contributed by atoms with van der Waals surface area (Å²) in [4.78, 5) is 14.7. The van der Waals surface area contributed by atoms with E-state index in [4.69, 9.17) is 4.74 Å². The number of benzene rings is 2. The highest BCUT2D eigenvalue weighted by atomic mass is 16.5. The highest BCUT2D eigenvalue weighted by molar-refractivity contribution is 6.02. The van der Waals surface area contributed by atoms with E-state index in [1.165, 1.54) is 12.8 Å². The third-order valence-electron chi connectivity index (χ3n) is 5.24. The van der Waals surface area contributed by atoms with Gasteiger partial charge in [-0.25, -0.2) is 0 Å². The van der Waals surface area contributed by atoms with Crippen LogP contribution in [0, 0.1) is 0 Å². The van der Waals surface area contributed by atoms with Gasteiger partial charge in [-0.15, -0.1) is 0 Å². The molecule has 0 saturated heterocycles. The molecule has 1 atom stereocenters. The van der Waals surface area contributed by atoms with Crippen LogP contribution in [0.4, 0.5) is 5.69 Å². The maximum Gasteiger partial charge on any atom is 0.257 e. The first-order valence-electron chi connectivity index (χ1n) is 9.51. The first kappa shape index (κ1) is 18.3. The minimum Gasteiger partial charge on any atom is -0.494 e. The van der Waals surface area contributed by atoms with Gasteiger partial charge in [-0.2, -0.15) is 0 Å². The van der Waals surface area contributed by atoms with E-state index in [9.17, 15) is 4.79 Å². The second kappa shape index (κ2) is 7.81. The van der Waals surface area contributed by atoms with Crippen molar-refractivity contribution in [2.24, 2.45) is 0 Å². The van der Waals surface area contributed by atoms with Gasteiger partial charge >= 0.3 is 0 Å². The van der Waals surface area contributed by atoms with Crippen LogP contribution < -0.4 is 10.1 Å². The summed E-state index contributed by atoms with van der Waals surface area (Å²) in [5.74, 6) is 0.919. The summed E-state index contributed by atoms with van der Waals surface area (Å²) in [5.41, 5.74) is 2.12. The van der Waals surface area contributed by atoms with Crippen molar-refractivity contribution < 1.29 is 9.53 Å². The number of nitrogens with one attached hydrogen (secondary N) is 1. The largest absolute Gasteiger partial charge is 0.494 e. The molecule has 0 aliphatic carbocycles. The minimum atomic E-state index is -0.549. The number of nitrogens with zero attached hydrogens (tertiary/aromatic N) is 1. The number of rotatable bonds is 7. The van der Waals surface area contributed by atoms with Gasteiger partial charge in [-0.3, -0.25) is 4.79 Å². The lowest BCUT2D eigenvalue weighted by Gasteiger charge is -2.46. The van der Waals surface area contributed by atoms with Gasteiger partial charge in [0, 0.05) is 12.7 Å². The van der Waals surface area contributed by atoms with Crippen molar-refractivity contribution in [1.29, 1.82) is 0 Å². The Morgan fingerprint density at radius 1 is 1.04 bits per heavy atom. The number of amides is 1. The van der Waals surface area contributed by atoms with Crippen molar-refractivity contribution in [2.75, 3.05) is 19.0 Å². The quantitative estimate of drug-likeness (QED) is 0.712. The highest BCUT2D eigenvalue weighted by Gasteiger charge is 2.42. The molecule has 4 heteroatoms. The third-order valence-corrected chi connectivity index (χ3v) is 5.24. The average molecular weight is 352 g/mol. The summed E-state index contributed by atoms with van der Waals surface area (Å²) >= 11 is 0.